The van der Waals surface area contributed by atoms with Gasteiger partial charge in [0, 0.05) is 5.34 Å². The van der Waals surface area contributed by atoms with Crippen molar-refractivity contribution in [2.75, 3.05) is 0 Å². The van der Waals surface area contributed by atoms with Crippen LogP contribution in [-0.2, 0) is 0 Å². The predicted octanol–water partition coefficient (Wildman–Crippen LogP) is -1.04. The molecule has 0 atom stereocenters. The number of nitrogens with one attached hydrogen (secondary N) is 1. The molecule has 0 bridgehead atoms. The zero-order valence-corrected chi connectivity index (χ0v) is 2.29. The van der Waals surface area contributed by atoms with Crippen LogP contribution in [0.5, 0.6) is 0 Å². The minimum atomic E-state index is -0.569. The first-order valence-electron chi connectivity index (χ1n) is 0.847. The van der Waals surface area contributed by atoms with Crippen molar-refractivity contribution in [2.45, 2.75) is 0 Å². The van der Waals surface area contributed by atoms with E-state index in [0.717, 1.165) is 5.59 Å². The Balaban J connectivity index is 2.54. The summed E-state index contributed by atoms with van der Waals surface area (Å²) in [5.74, 6) is 0. The van der Waals surface area contributed by atoms with E-state index in [-0.39, 0.29) is 0 Å². The predicted molar refractivity (Wildman–Crippen MR) is 10.3 cm³/mol. The zero-order chi connectivity index (χ0) is 4.28. The third kappa shape index (κ3) is 3.80. The average molecular weight is 80.0 g/mol. The Morgan fingerprint density at radius 1 is 1.40 bits per heavy atom. The lowest BCUT2D eigenvalue weighted by molar-refractivity contribution is -0.387. The van der Waals surface area contributed by atoms with E-state index in [1.807, 2.05) is 0 Å². The summed E-state index contributed by atoms with van der Waals surface area (Å²) in [6.07, 6.45) is 0. The van der Waals surface area contributed by atoms with Crippen molar-refractivity contribution in [2.24, 2.45) is 0 Å². The Morgan fingerprint density at radius 3 is 1.60 bits per heavy atom. The molecule has 0 aromatic carbocycles. The molecule has 0 saturated heterocycles. The fourth-order valence-electron chi connectivity index (χ4n) is 0. The Labute approximate surface area is 27.9 Å². The topological polar surface area (TPSA) is 76.0 Å². The number of hydrogen-bond donors (Lipinski definition) is 4. The van der Waals surface area contributed by atoms with E-state index in [1.54, 1.807) is 0 Å². The van der Waals surface area contributed by atoms with Gasteiger partial charge in [0.2, 0.25) is 0 Å². The lowest BCUT2D eigenvalue weighted by atomic mass is 12.6. The fourth-order valence-corrected chi connectivity index (χ4v) is 0. The maximum absolute atomic E-state index is 7.39. The molecule has 0 aliphatic heterocycles. The summed E-state index contributed by atoms with van der Waals surface area (Å²) in [6, 6.07) is 0. The summed E-state index contributed by atoms with van der Waals surface area (Å²) in [5, 5.41) is 21.5. The van der Waals surface area contributed by atoms with Crippen LogP contribution >= 0.6 is 0 Å². The van der Waals surface area contributed by atoms with Crippen LogP contribution in [0.15, 0.2) is 0 Å². The van der Waals surface area contributed by atoms with E-state index in [1.165, 1.54) is 0 Å². The first-order valence-corrected chi connectivity index (χ1v) is 0.847. The molecule has 0 aliphatic rings. The SMILES string of the molecule is ONN(O)O. The monoisotopic (exact) mass is 80.0 g/mol. The molecule has 0 fully saturated rings. The van der Waals surface area contributed by atoms with E-state index in [9.17, 15) is 0 Å². The molecule has 0 unspecified atom stereocenters. The molecular formula is H4N2O3. The van der Waals surface area contributed by atoms with E-state index < -0.39 is 5.34 Å². The largest absolute Gasteiger partial charge is 0.298 e. The second-order valence-electron chi connectivity index (χ2n) is 0.389. The molecule has 32 valence electrons. The van der Waals surface area contributed by atoms with Crippen LogP contribution in [-0.4, -0.2) is 21.0 Å². The standard InChI is InChI=1S/H4N2O3/c3-1-2(4)5/h1,3-5H. The lowest BCUT2D eigenvalue weighted by Gasteiger charge is -1.95. The van der Waals surface area contributed by atoms with E-state index in [2.05, 4.69) is 0 Å². The van der Waals surface area contributed by atoms with Crippen molar-refractivity contribution in [1.29, 1.82) is 0 Å². The van der Waals surface area contributed by atoms with E-state index in [4.69, 9.17) is 15.6 Å². The molecule has 5 heteroatoms. The van der Waals surface area contributed by atoms with Crippen LogP contribution in [0.3, 0.4) is 0 Å². The van der Waals surface area contributed by atoms with Crippen LogP contribution in [0.4, 0.5) is 0 Å². The first kappa shape index (κ1) is 4.80. The van der Waals surface area contributed by atoms with Crippen molar-refractivity contribution in [3.8, 4) is 0 Å². The molecule has 5 heavy (non-hydrogen) atoms. The van der Waals surface area contributed by atoms with Gasteiger partial charge in [0.15, 0.2) is 0 Å². The summed E-state index contributed by atoms with van der Waals surface area (Å²) in [6.45, 7) is 0. The van der Waals surface area contributed by atoms with Crippen LogP contribution in [0, 0.1) is 0 Å². The van der Waals surface area contributed by atoms with Crippen LogP contribution in [0.1, 0.15) is 0 Å². The van der Waals surface area contributed by atoms with Gasteiger partial charge in [-0.2, -0.15) is 0 Å². The fraction of sp³-hybridized carbons (Fsp3) is 0. The summed E-state index contributed by atoms with van der Waals surface area (Å²) < 4.78 is 0. The van der Waals surface area contributed by atoms with Crippen molar-refractivity contribution >= 4 is 0 Å². The molecule has 0 saturated carbocycles. The average Bonchev–Trinajstić information content (AvgIpc) is 1.38. The van der Waals surface area contributed by atoms with Gasteiger partial charge in [0.1, 0.15) is 0 Å². The first-order chi connectivity index (χ1) is 2.27. The Bertz CT molecular complexity index is 18.9. The molecular weight excluding hydrogens is 76.0 g/mol. The summed E-state index contributed by atoms with van der Waals surface area (Å²) in [5.41, 5.74) is 0.972. The third-order valence-corrected chi connectivity index (χ3v) is 0.0894. The molecule has 0 spiro atoms. The van der Waals surface area contributed by atoms with Crippen LogP contribution < -0.4 is 5.59 Å². The zero-order valence-electron chi connectivity index (χ0n) is 2.29. The van der Waals surface area contributed by atoms with Crippen LogP contribution in [0.2, 0.25) is 0 Å². The number of nitrogens with zero attached hydrogens (tertiary/aromatic N) is 1. The summed E-state index contributed by atoms with van der Waals surface area (Å²) >= 11 is 0. The van der Waals surface area contributed by atoms with Gasteiger partial charge in [-0.15, -0.1) is 0 Å². The number of hydrogen-bond acceptors (Lipinski definition) is 5. The van der Waals surface area contributed by atoms with Gasteiger partial charge in [-0.3, -0.25) is 15.6 Å². The third-order valence-electron chi connectivity index (χ3n) is 0.0894. The van der Waals surface area contributed by atoms with Crippen molar-refractivity contribution < 1.29 is 15.6 Å². The molecule has 0 heterocycles. The van der Waals surface area contributed by atoms with Gasteiger partial charge in [0.25, 0.3) is 0 Å². The van der Waals surface area contributed by atoms with Gasteiger partial charge < -0.3 is 0 Å². The minimum Gasteiger partial charge on any atom is -0.298 e. The number of hydrazine groups is 1. The molecule has 0 aromatic rings. The normalized spacial score (nSPS) is 9.60. The van der Waals surface area contributed by atoms with Gasteiger partial charge in [0.05, 0.1) is 0 Å². The summed E-state index contributed by atoms with van der Waals surface area (Å²) in [7, 11) is 0. The Hall–Kier alpha value is -0.200. The van der Waals surface area contributed by atoms with Crippen molar-refractivity contribution in [1.82, 2.24) is 10.9 Å². The van der Waals surface area contributed by atoms with Gasteiger partial charge in [-0.05, 0) is 0 Å². The molecule has 5 nitrogen and oxygen atoms in total. The minimum absolute atomic E-state index is 0.569. The Morgan fingerprint density at radius 2 is 1.60 bits per heavy atom. The van der Waals surface area contributed by atoms with Crippen molar-refractivity contribution in [3.05, 3.63) is 0 Å². The maximum atomic E-state index is 7.39. The highest BCUT2D eigenvalue weighted by Crippen LogP contribution is 1.46. The van der Waals surface area contributed by atoms with Gasteiger partial charge in [-0.25, -0.2) is 0 Å². The van der Waals surface area contributed by atoms with Gasteiger partial charge >= 0.3 is 0 Å². The number of rotatable bonds is 1. The second kappa shape index (κ2) is 2.06. The molecule has 0 radical (unpaired) electrons. The maximum Gasteiger partial charge on any atom is 0.0298 e. The second-order valence-corrected chi connectivity index (χ2v) is 0.389. The smallest absolute Gasteiger partial charge is 0.0298 e. The lowest BCUT2D eigenvalue weighted by Crippen LogP contribution is -2.27. The highest BCUT2D eigenvalue weighted by molar-refractivity contribution is 3.56. The Kier molecular flexibility index (Phi) is 1.98. The van der Waals surface area contributed by atoms with Crippen LogP contribution in [0.25, 0.3) is 0 Å². The molecule has 0 amide bonds. The molecule has 4 N–H and O–H groups in total. The summed E-state index contributed by atoms with van der Waals surface area (Å²) in [4.78, 5) is 0. The molecule has 0 aromatic heterocycles. The highest BCUT2D eigenvalue weighted by atomic mass is 16.9. The quantitative estimate of drug-likeness (QED) is 0.303. The van der Waals surface area contributed by atoms with E-state index in [0.29, 0.717) is 0 Å². The van der Waals surface area contributed by atoms with Gasteiger partial charge in [-0.1, -0.05) is 5.59 Å². The van der Waals surface area contributed by atoms with Crippen molar-refractivity contribution in [3.63, 3.8) is 0 Å². The molecule has 0 aliphatic carbocycles. The highest BCUT2D eigenvalue weighted by Gasteiger charge is 1.76. The van der Waals surface area contributed by atoms with E-state index >= 15 is 0 Å². The molecule has 0 rings (SSSR count).